The Morgan fingerprint density at radius 3 is 1.81 bits per heavy atom. The third-order valence-corrected chi connectivity index (χ3v) is 7.22. The van der Waals surface area contributed by atoms with Crippen molar-refractivity contribution in [2.75, 3.05) is 63.2 Å². The van der Waals surface area contributed by atoms with E-state index in [1.54, 1.807) is 22.0 Å². The summed E-state index contributed by atoms with van der Waals surface area (Å²) in [5.41, 5.74) is 2.09. The predicted molar refractivity (Wildman–Crippen MR) is 150 cm³/mol. The molecule has 0 spiro atoms. The van der Waals surface area contributed by atoms with Gasteiger partial charge in [0.2, 0.25) is 17.8 Å². The minimum absolute atomic E-state index is 0.0677. The molecule has 2 saturated heterocycles. The molecule has 0 saturated carbocycles. The van der Waals surface area contributed by atoms with Crippen molar-refractivity contribution in [3.8, 4) is 6.07 Å². The standard InChI is InChI=1S/C29H31N7O6/c30-17-21-18-31-29(33-23-4-2-20(14-25(23)38)16-27(40)36-7-11-42-12-8-36)34-28(21)32-22-3-1-19(13-24(22)37)15-26(39)35-5-9-41-10-6-35/h3-4,15-16,18H,1-2,5-14H2,(H2,31,32,33,34). The molecule has 5 rings (SSSR count). The fourth-order valence-electron chi connectivity index (χ4n) is 4.87. The van der Waals surface area contributed by atoms with Crippen molar-refractivity contribution in [3.05, 3.63) is 58.6 Å². The first-order valence-electron chi connectivity index (χ1n) is 13.8. The smallest absolute Gasteiger partial charge is 0.246 e. The minimum atomic E-state index is -0.240. The van der Waals surface area contributed by atoms with Crippen LogP contribution >= 0.6 is 0 Å². The van der Waals surface area contributed by atoms with Gasteiger partial charge in [-0.05, 0) is 12.8 Å². The zero-order chi connectivity index (χ0) is 29.5. The number of ketones is 2. The lowest BCUT2D eigenvalue weighted by Gasteiger charge is -2.26. The Kier molecular flexibility index (Phi) is 9.15. The van der Waals surface area contributed by atoms with Gasteiger partial charge in [-0.3, -0.25) is 19.2 Å². The Balaban J connectivity index is 1.23. The molecule has 0 aromatic carbocycles. The van der Waals surface area contributed by atoms with Crippen molar-refractivity contribution in [2.24, 2.45) is 0 Å². The summed E-state index contributed by atoms with van der Waals surface area (Å²) in [5.74, 6) is -0.534. The van der Waals surface area contributed by atoms with Gasteiger partial charge in [0.25, 0.3) is 0 Å². The van der Waals surface area contributed by atoms with Gasteiger partial charge in [0.05, 0.1) is 44.0 Å². The highest BCUT2D eigenvalue weighted by Crippen LogP contribution is 2.25. The number of aromatic nitrogens is 2. The first kappa shape index (κ1) is 28.8. The van der Waals surface area contributed by atoms with Crippen molar-refractivity contribution < 1.29 is 28.7 Å². The van der Waals surface area contributed by atoms with Crippen molar-refractivity contribution in [1.29, 1.82) is 5.26 Å². The summed E-state index contributed by atoms with van der Waals surface area (Å²) in [6.45, 7) is 4.11. The average molecular weight is 574 g/mol. The third kappa shape index (κ3) is 7.15. The van der Waals surface area contributed by atoms with Crippen LogP contribution in [0.4, 0.5) is 11.8 Å². The summed E-state index contributed by atoms with van der Waals surface area (Å²) in [4.78, 5) is 62.6. The Labute approximate surface area is 242 Å². The Bertz CT molecular complexity index is 1440. The van der Waals surface area contributed by atoms with E-state index in [4.69, 9.17) is 9.47 Å². The molecule has 218 valence electrons. The number of carbonyl (C=O) groups excluding carboxylic acids is 4. The summed E-state index contributed by atoms with van der Waals surface area (Å²) in [6, 6.07) is 2.00. The van der Waals surface area contributed by atoms with E-state index in [-0.39, 0.29) is 64.9 Å². The fraction of sp³-hybridized carbons (Fsp3) is 0.414. The Morgan fingerprint density at radius 2 is 1.33 bits per heavy atom. The molecule has 4 aliphatic rings. The SMILES string of the molecule is N#Cc1cnc(NC2=CCC(=CC(=O)N3CCOCC3)CC2=O)nc1NC1=CCC(=CC(=O)N2CCOCC2)CC1=O. The minimum Gasteiger partial charge on any atom is -0.378 e. The quantitative estimate of drug-likeness (QED) is 0.470. The lowest BCUT2D eigenvalue weighted by Crippen LogP contribution is -2.40. The van der Waals surface area contributed by atoms with Gasteiger partial charge in [-0.15, -0.1) is 0 Å². The highest BCUT2D eigenvalue weighted by atomic mass is 16.5. The molecule has 13 heteroatoms. The van der Waals surface area contributed by atoms with E-state index in [0.29, 0.717) is 76.6 Å². The first-order valence-corrected chi connectivity index (χ1v) is 13.8. The van der Waals surface area contributed by atoms with E-state index in [1.165, 1.54) is 18.3 Å². The van der Waals surface area contributed by atoms with Crippen LogP contribution in [0, 0.1) is 11.3 Å². The van der Waals surface area contributed by atoms with E-state index in [1.807, 2.05) is 6.07 Å². The molecule has 1 aromatic heterocycles. The van der Waals surface area contributed by atoms with Gasteiger partial charge in [-0.1, -0.05) is 23.3 Å². The number of allylic oxidation sites excluding steroid dienone is 6. The van der Waals surface area contributed by atoms with Crippen LogP contribution in [0.2, 0.25) is 0 Å². The summed E-state index contributed by atoms with van der Waals surface area (Å²) in [5, 5.41) is 15.4. The van der Waals surface area contributed by atoms with E-state index in [9.17, 15) is 24.4 Å². The van der Waals surface area contributed by atoms with Crippen molar-refractivity contribution in [2.45, 2.75) is 25.7 Å². The number of nitrogens with zero attached hydrogens (tertiary/aromatic N) is 5. The predicted octanol–water partition coefficient (Wildman–Crippen LogP) is 1.24. The van der Waals surface area contributed by atoms with Gasteiger partial charge in [0, 0.05) is 51.2 Å². The van der Waals surface area contributed by atoms with Gasteiger partial charge >= 0.3 is 0 Å². The number of anilines is 2. The fourth-order valence-corrected chi connectivity index (χ4v) is 4.87. The molecular weight excluding hydrogens is 542 g/mol. The summed E-state index contributed by atoms with van der Waals surface area (Å²) >= 11 is 0. The monoisotopic (exact) mass is 573 g/mol. The maximum absolute atomic E-state index is 12.9. The second-order valence-electron chi connectivity index (χ2n) is 10.1. The number of carbonyl (C=O) groups is 4. The number of morpholine rings is 2. The molecule has 2 aliphatic heterocycles. The molecule has 1 aromatic rings. The topological polar surface area (TPSA) is 167 Å². The molecule has 0 unspecified atom stereocenters. The number of rotatable bonds is 6. The second-order valence-corrected chi connectivity index (χ2v) is 10.1. The number of nitrogens with one attached hydrogen (secondary N) is 2. The molecule has 2 fully saturated rings. The maximum atomic E-state index is 12.9. The summed E-state index contributed by atoms with van der Waals surface area (Å²) in [7, 11) is 0. The summed E-state index contributed by atoms with van der Waals surface area (Å²) in [6.07, 6.45) is 8.64. The molecule has 42 heavy (non-hydrogen) atoms. The van der Waals surface area contributed by atoms with E-state index < -0.39 is 0 Å². The maximum Gasteiger partial charge on any atom is 0.246 e. The first-order chi connectivity index (χ1) is 20.4. The van der Waals surface area contributed by atoms with Crippen LogP contribution in [-0.2, 0) is 28.7 Å². The largest absolute Gasteiger partial charge is 0.378 e. The number of nitriles is 1. The number of ether oxygens (including phenoxy) is 2. The van der Waals surface area contributed by atoms with E-state index in [0.717, 1.165) is 0 Å². The Hall–Kier alpha value is -4.67. The van der Waals surface area contributed by atoms with Crippen molar-refractivity contribution in [1.82, 2.24) is 19.8 Å². The molecule has 2 amide bonds. The molecular formula is C29H31N7O6. The lowest BCUT2D eigenvalue weighted by atomic mass is 9.96. The lowest BCUT2D eigenvalue weighted by molar-refractivity contribution is -0.130. The second kappa shape index (κ2) is 13.3. The van der Waals surface area contributed by atoms with Crippen molar-refractivity contribution >= 4 is 35.1 Å². The van der Waals surface area contributed by atoms with Crippen LogP contribution in [-0.4, -0.2) is 95.8 Å². The van der Waals surface area contributed by atoms with Crippen LogP contribution in [0.15, 0.2) is 53.0 Å². The molecule has 3 heterocycles. The molecule has 13 nitrogen and oxygen atoms in total. The highest BCUT2D eigenvalue weighted by molar-refractivity contribution is 6.02. The number of Topliss-reactive ketones (excluding diaryl/α,β-unsaturated/α-hetero) is 2. The molecule has 2 N–H and O–H groups in total. The highest BCUT2D eigenvalue weighted by Gasteiger charge is 2.24. The Morgan fingerprint density at radius 1 is 0.833 bits per heavy atom. The summed E-state index contributed by atoms with van der Waals surface area (Å²) < 4.78 is 10.6. The van der Waals surface area contributed by atoms with Gasteiger partial charge in [-0.2, -0.15) is 10.2 Å². The molecule has 0 radical (unpaired) electrons. The van der Waals surface area contributed by atoms with Gasteiger partial charge in [0.15, 0.2) is 17.4 Å². The third-order valence-electron chi connectivity index (χ3n) is 7.22. The van der Waals surface area contributed by atoms with Crippen LogP contribution in [0.3, 0.4) is 0 Å². The van der Waals surface area contributed by atoms with Crippen molar-refractivity contribution in [3.63, 3.8) is 0 Å². The van der Waals surface area contributed by atoms with Crippen LogP contribution in [0.5, 0.6) is 0 Å². The zero-order valence-corrected chi connectivity index (χ0v) is 23.1. The number of hydrogen-bond donors (Lipinski definition) is 2. The van der Waals surface area contributed by atoms with Crippen LogP contribution < -0.4 is 10.6 Å². The normalized spacial score (nSPS) is 21.5. The van der Waals surface area contributed by atoms with Crippen LogP contribution in [0.25, 0.3) is 0 Å². The van der Waals surface area contributed by atoms with Gasteiger partial charge in [0.1, 0.15) is 11.6 Å². The van der Waals surface area contributed by atoms with E-state index in [2.05, 4.69) is 20.6 Å². The zero-order valence-electron chi connectivity index (χ0n) is 23.1. The van der Waals surface area contributed by atoms with Gasteiger partial charge < -0.3 is 29.9 Å². The molecule has 0 bridgehead atoms. The van der Waals surface area contributed by atoms with E-state index >= 15 is 0 Å². The number of amides is 2. The average Bonchev–Trinajstić information content (AvgIpc) is 3.01. The molecule has 2 aliphatic carbocycles. The number of hydrogen-bond acceptors (Lipinski definition) is 11. The van der Waals surface area contributed by atoms with Gasteiger partial charge in [-0.25, -0.2) is 4.98 Å². The molecule has 0 atom stereocenters. The van der Waals surface area contributed by atoms with Crippen LogP contribution in [0.1, 0.15) is 31.2 Å².